The predicted octanol–water partition coefficient (Wildman–Crippen LogP) is 3.13. The Labute approximate surface area is 112 Å². The second-order valence-corrected chi connectivity index (χ2v) is 4.22. The fourth-order valence-corrected chi connectivity index (χ4v) is 1.90. The van der Waals surface area contributed by atoms with E-state index in [2.05, 4.69) is 10.6 Å². The normalized spacial score (nSPS) is 17.2. The molecule has 92 valence electrons. The van der Waals surface area contributed by atoms with E-state index in [9.17, 15) is 4.79 Å². The standard InChI is InChI=1S/C14H14N2OS/c17-14(11-5-2-1-3-6-11)16-13-8-4-7-12(9-13)15-10-18/h1-5,7-11H,6H2,(H,15,18)(H,16,17). The maximum absolute atomic E-state index is 12.0. The number of benzene rings is 1. The summed E-state index contributed by atoms with van der Waals surface area (Å²) in [5.74, 6) is -0.0766. The van der Waals surface area contributed by atoms with Gasteiger partial charge in [-0.2, -0.15) is 0 Å². The Hall–Kier alpha value is -1.94. The first-order valence-corrected chi connectivity index (χ1v) is 6.21. The van der Waals surface area contributed by atoms with Crippen LogP contribution in [0.2, 0.25) is 0 Å². The number of amides is 1. The van der Waals surface area contributed by atoms with Crippen molar-refractivity contribution in [3.63, 3.8) is 0 Å². The fourth-order valence-electron chi connectivity index (χ4n) is 1.76. The summed E-state index contributed by atoms with van der Waals surface area (Å²) >= 11 is 4.73. The number of hydrogen-bond acceptors (Lipinski definition) is 2. The Balaban J connectivity index is 2.02. The van der Waals surface area contributed by atoms with E-state index in [1.807, 2.05) is 48.6 Å². The lowest BCUT2D eigenvalue weighted by molar-refractivity contribution is -0.118. The maximum atomic E-state index is 12.0. The molecule has 2 N–H and O–H groups in total. The molecule has 0 saturated carbocycles. The molecule has 0 bridgehead atoms. The Morgan fingerprint density at radius 1 is 1.33 bits per heavy atom. The van der Waals surface area contributed by atoms with Crippen LogP contribution in [0.3, 0.4) is 0 Å². The molecule has 1 aromatic carbocycles. The molecule has 0 spiro atoms. The molecule has 18 heavy (non-hydrogen) atoms. The van der Waals surface area contributed by atoms with Crippen LogP contribution >= 0.6 is 12.2 Å². The van der Waals surface area contributed by atoms with Crippen molar-refractivity contribution in [1.29, 1.82) is 0 Å². The molecule has 0 aromatic heterocycles. The van der Waals surface area contributed by atoms with Crippen molar-refractivity contribution < 1.29 is 4.79 Å². The highest BCUT2D eigenvalue weighted by Crippen LogP contribution is 2.18. The number of allylic oxidation sites excluding steroid dienone is 3. The first-order valence-electron chi connectivity index (χ1n) is 5.74. The van der Waals surface area contributed by atoms with Gasteiger partial charge >= 0.3 is 0 Å². The van der Waals surface area contributed by atoms with Crippen LogP contribution in [0.1, 0.15) is 6.42 Å². The predicted molar refractivity (Wildman–Crippen MR) is 78.7 cm³/mol. The minimum atomic E-state index is -0.0860. The highest BCUT2D eigenvalue weighted by molar-refractivity contribution is 7.79. The van der Waals surface area contributed by atoms with Crippen molar-refractivity contribution in [2.24, 2.45) is 5.92 Å². The number of thiocarbonyl (C=S) groups is 1. The number of nitrogens with one attached hydrogen (secondary N) is 2. The molecule has 1 aliphatic carbocycles. The molecule has 0 heterocycles. The molecule has 1 amide bonds. The molecule has 0 aliphatic heterocycles. The third kappa shape index (κ3) is 3.28. The maximum Gasteiger partial charge on any atom is 0.231 e. The van der Waals surface area contributed by atoms with Crippen molar-refractivity contribution in [3.8, 4) is 0 Å². The molecule has 1 atom stereocenters. The van der Waals surface area contributed by atoms with Gasteiger partial charge < -0.3 is 10.6 Å². The molecule has 0 radical (unpaired) electrons. The van der Waals surface area contributed by atoms with Crippen molar-refractivity contribution >= 4 is 35.0 Å². The monoisotopic (exact) mass is 258 g/mol. The second-order valence-electron chi connectivity index (χ2n) is 3.99. The summed E-state index contributed by atoms with van der Waals surface area (Å²) in [4.78, 5) is 12.0. The zero-order valence-corrected chi connectivity index (χ0v) is 10.6. The van der Waals surface area contributed by atoms with Crippen LogP contribution in [0.4, 0.5) is 11.4 Å². The van der Waals surface area contributed by atoms with Gasteiger partial charge in [-0.3, -0.25) is 4.79 Å². The highest BCUT2D eigenvalue weighted by Gasteiger charge is 2.15. The van der Waals surface area contributed by atoms with E-state index in [0.29, 0.717) is 0 Å². The van der Waals surface area contributed by atoms with E-state index in [-0.39, 0.29) is 11.8 Å². The van der Waals surface area contributed by atoms with Crippen molar-refractivity contribution in [2.75, 3.05) is 10.6 Å². The van der Waals surface area contributed by atoms with E-state index < -0.39 is 0 Å². The molecule has 1 unspecified atom stereocenters. The zero-order valence-electron chi connectivity index (χ0n) is 9.80. The van der Waals surface area contributed by atoms with Crippen LogP contribution in [0.25, 0.3) is 0 Å². The molecule has 3 nitrogen and oxygen atoms in total. The summed E-state index contributed by atoms with van der Waals surface area (Å²) in [6.45, 7) is 0. The van der Waals surface area contributed by atoms with E-state index in [0.717, 1.165) is 17.8 Å². The average Bonchev–Trinajstić information content (AvgIpc) is 2.40. The number of carbonyl (C=O) groups excluding carboxylic acids is 1. The SMILES string of the molecule is O=C(Nc1cccc(NC=S)c1)C1C=CC=CC1. The smallest absolute Gasteiger partial charge is 0.231 e. The lowest BCUT2D eigenvalue weighted by atomic mass is 10.00. The van der Waals surface area contributed by atoms with Gasteiger partial charge in [0.1, 0.15) is 0 Å². The van der Waals surface area contributed by atoms with E-state index >= 15 is 0 Å². The third-order valence-electron chi connectivity index (χ3n) is 2.67. The highest BCUT2D eigenvalue weighted by atomic mass is 32.1. The van der Waals surface area contributed by atoms with Crippen LogP contribution < -0.4 is 10.6 Å². The van der Waals surface area contributed by atoms with Crippen LogP contribution in [-0.2, 0) is 4.79 Å². The van der Waals surface area contributed by atoms with Crippen molar-refractivity contribution in [1.82, 2.24) is 0 Å². The van der Waals surface area contributed by atoms with Gasteiger partial charge in [0.25, 0.3) is 0 Å². The lowest BCUT2D eigenvalue weighted by Crippen LogP contribution is -2.21. The molecular weight excluding hydrogens is 244 g/mol. The molecule has 4 heteroatoms. The second kappa shape index (κ2) is 6.12. The number of rotatable bonds is 4. The molecule has 0 fully saturated rings. The minimum Gasteiger partial charge on any atom is -0.353 e. The average molecular weight is 258 g/mol. The summed E-state index contributed by atoms with van der Waals surface area (Å²) in [5, 5.41) is 5.81. The Bertz CT molecular complexity index is 508. The van der Waals surface area contributed by atoms with E-state index in [4.69, 9.17) is 12.2 Å². The van der Waals surface area contributed by atoms with Gasteiger partial charge in [0.15, 0.2) is 0 Å². The van der Waals surface area contributed by atoms with Crippen LogP contribution in [0, 0.1) is 5.92 Å². The van der Waals surface area contributed by atoms with Gasteiger partial charge in [-0.15, -0.1) is 0 Å². The zero-order chi connectivity index (χ0) is 12.8. The van der Waals surface area contributed by atoms with Gasteiger partial charge in [-0.25, -0.2) is 0 Å². The van der Waals surface area contributed by atoms with Gasteiger partial charge in [-0.1, -0.05) is 42.6 Å². The molecule has 1 aromatic rings. The minimum absolute atomic E-state index is 0.00935. The molecule has 0 saturated heterocycles. The third-order valence-corrected chi connectivity index (χ3v) is 2.79. The quantitative estimate of drug-likeness (QED) is 0.815. The van der Waals surface area contributed by atoms with Crippen LogP contribution in [0.15, 0.2) is 48.6 Å². The summed E-state index contributed by atoms with van der Waals surface area (Å²) < 4.78 is 0. The summed E-state index contributed by atoms with van der Waals surface area (Å²) in [6.07, 6.45) is 8.51. The van der Waals surface area contributed by atoms with Gasteiger partial charge in [0, 0.05) is 11.4 Å². The molecule has 2 rings (SSSR count). The van der Waals surface area contributed by atoms with E-state index in [1.165, 1.54) is 5.49 Å². The Kier molecular flexibility index (Phi) is 4.25. The molecular formula is C14H14N2OS. The van der Waals surface area contributed by atoms with Crippen LogP contribution in [-0.4, -0.2) is 11.4 Å². The van der Waals surface area contributed by atoms with Gasteiger partial charge in [-0.05, 0) is 24.6 Å². The Morgan fingerprint density at radius 3 is 2.89 bits per heavy atom. The molecule has 1 aliphatic rings. The largest absolute Gasteiger partial charge is 0.353 e. The summed E-state index contributed by atoms with van der Waals surface area (Å²) in [7, 11) is 0. The van der Waals surface area contributed by atoms with Gasteiger partial charge in [0.05, 0.1) is 11.4 Å². The lowest BCUT2D eigenvalue weighted by Gasteiger charge is -2.13. The first kappa shape index (κ1) is 12.5. The summed E-state index contributed by atoms with van der Waals surface area (Å²) in [5.41, 5.74) is 3.07. The topological polar surface area (TPSA) is 41.1 Å². The van der Waals surface area contributed by atoms with Crippen molar-refractivity contribution in [2.45, 2.75) is 6.42 Å². The summed E-state index contributed by atoms with van der Waals surface area (Å²) in [6, 6.07) is 7.47. The Morgan fingerprint density at radius 2 is 2.17 bits per heavy atom. The fraction of sp³-hybridized carbons (Fsp3) is 0.143. The first-order chi connectivity index (χ1) is 8.79. The number of carbonyl (C=O) groups is 1. The van der Waals surface area contributed by atoms with Crippen molar-refractivity contribution in [3.05, 3.63) is 48.6 Å². The van der Waals surface area contributed by atoms with Crippen LogP contribution in [0.5, 0.6) is 0 Å². The number of anilines is 2. The number of hydrogen-bond donors (Lipinski definition) is 2. The van der Waals surface area contributed by atoms with Gasteiger partial charge in [0.2, 0.25) is 5.91 Å². The van der Waals surface area contributed by atoms with E-state index in [1.54, 1.807) is 0 Å².